The van der Waals surface area contributed by atoms with Crippen LogP contribution in [-0.2, 0) is 16.1 Å². The fourth-order valence-corrected chi connectivity index (χ4v) is 2.96. The summed E-state index contributed by atoms with van der Waals surface area (Å²) in [6.07, 6.45) is 1.19. The van der Waals surface area contributed by atoms with Gasteiger partial charge in [0.05, 0.1) is 10.9 Å². The van der Waals surface area contributed by atoms with Crippen LogP contribution in [0.2, 0.25) is 0 Å². The number of nitrogens with zero attached hydrogens (tertiary/aromatic N) is 1. The molecule has 0 N–H and O–H groups in total. The molecule has 0 saturated heterocycles. The first kappa shape index (κ1) is 12.3. The van der Waals surface area contributed by atoms with Crippen molar-refractivity contribution in [1.82, 2.24) is 4.57 Å². The zero-order valence-electron chi connectivity index (χ0n) is 9.71. The number of benzene rings is 1. The van der Waals surface area contributed by atoms with Crippen molar-refractivity contribution in [3.05, 3.63) is 28.6 Å². The van der Waals surface area contributed by atoms with Crippen molar-refractivity contribution >= 4 is 30.6 Å². The standard InChI is InChI=1S/C11H8ClNO5S/c1-13-4-10(19(12,15)16)11(14)6-2-8-9(3-7(6)13)18-5-17-8/h2-4H,5H2,1H3. The molecule has 0 saturated carbocycles. The Bertz CT molecular complexity index is 855. The number of hydrogen-bond donors (Lipinski definition) is 0. The predicted octanol–water partition coefficient (Wildman–Crippen LogP) is 1.19. The summed E-state index contributed by atoms with van der Waals surface area (Å²) in [6.45, 7) is 0.0736. The van der Waals surface area contributed by atoms with E-state index in [-0.39, 0.29) is 12.2 Å². The Hall–Kier alpha value is -1.73. The van der Waals surface area contributed by atoms with Gasteiger partial charge in [0.2, 0.25) is 12.2 Å². The molecule has 3 rings (SSSR count). The molecule has 2 heterocycles. The van der Waals surface area contributed by atoms with Crippen LogP contribution in [-0.4, -0.2) is 19.8 Å². The summed E-state index contributed by atoms with van der Waals surface area (Å²) >= 11 is 0. The second-order valence-electron chi connectivity index (χ2n) is 4.09. The summed E-state index contributed by atoms with van der Waals surface area (Å²) in [4.78, 5) is 11.7. The fraction of sp³-hybridized carbons (Fsp3) is 0.182. The topological polar surface area (TPSA) is 74.6 Å². The molecule has 1 aliphatic rings. The highest BCUT2D eigenvalue weighted by molar-refractivity contribution is 8.13. The van der Waals surface area contributed by atoms with Crippen LogP contribution < -0.4 is 14.9 Å². The quantitative estimate of drug-likeness (QED) is 0.740. The van der Waals surface area contributed by atoms with Gasteiger partial charge in [0, 0.05) is 30.0 Å². The van der Waals surface area contributed by atoms with Crippen molar-refractivity contribution in [3.63, 3.8) is 0 Å². The molecule has 0 amide bonds. The number of hydrogen-bond acceptors (Lipinski definition) is 5. The molecule has 8 heteroatoms. The molecule has 1 aromatic heterocycles. The highest BCUT2D eigenvalue weighted by atomic mass is 35.7. The zero-order chi connectivity index (χ0) is 13.8. The lowest BCUT2D eigenvalue weighted by molar-refractivity contribution is 0.174. The van der Waals surface area contributed by atoms with Gasteiger partial charge in [0.25, 0.3) is 9.05 Å². The molecule has 2 aromatic rings. The number of ether oxygens (including phenoxy) is 2. The van der Waals surface area contributed by atoms with Crippen molar-refractivity contribution in [2.75, 3.05) is 6.79 Å². The first-order valence-corrected chi connectivity index (χ1v) is 7.56. The third-order valence-corrected chi connectivity index (χ3v) is 4.23. The van der Waals surface area contributed by atoms with E-state index in [0.717, 1.165) is 0 Å². The van der Waals surface area contributed by atoms with Crippen LogP contribution in [0.25, 0.3) is 10.9 Å². The monoisotopic (exact) mass is 301 g/mol. The normalized spacial score (nSPS) is 14.0. The van der Waals surface area contributed by atoms with Crippen LogP contribution in [0.5, 0.6) is 11.5 Å². The number of fused-ring (bicyclic) bond motifs is 2. The van der Waals surface area contributed by atoms with Crippen LogP contribution >= 0.6 is 10.7 Å². The second-order valence-corrected chi connectivity index (χ2v) is 6.63. The fourth-order valence-electron chi connectivity index (χ4n) is 2.02. The van der Waals surface area contributed by atoms with E-state index in [4.69, 9.17) is 20.2 Å². The van der Waals surface area contributed by atoms with Crippen LogP contribution in [0.3, 0.4) is 0 Å². The lowest BCUT2D eigenvalue weighted by Gasteiger charge is -2.08. The Balaban J connectivity index is 2.47. The maximum absolute atomic E-state index is 12.2. The Labute approximate surface area is 112 Å². The SMILES string of the molecule is Cn1cc(S(=O)(=O)Cl)c(=O)c2cc3c(cc21)OCO3. The molecular weight excluding hydrogens is 294 g/mol. The molecule has 0 bridgehead atoms. The summed E-state index contributed by atoms with van der Waals surface area (Å²) in [5, 5.41) is 0.216. The van der Waals surface area contributed by atoms with Gasteiger partial charge in [-0.1, -0.05) is 0 Å². The smallest absolute Gasteiger partial charge is 0.266 e. The van der Waals surface area contributed by atoms with Crippen LogP contribution in [0.15, 0.2) is 28.0 Å². The average Bonchev–Trinajstić information content (AvgIpc) is 2.77. The summed E-state index contributed by atoms with van der Waals surface area (Å²) in [6, 6.07) is 3.09. The maximum Gasteiger partial charge on any atom is 0.266 e. The molecule has 1 aromatic carbocycles. The maximum atomic E-state index is 12.2. The third-order valence-electron chi connectivity index (χ3n) is 2.91. The van der Waals surface area contributed by atoms with E-state index in [1.807, 2.05) is 0 Å². The molecule has 0 aliphatic carbocycles. The van der Waals surface area contributed by atoms with E-state index in [9.17, 15) is 13.2 Å². The van der Waals surface area contributed by atoms with Crippen molar-refractivity contribution in [1.29, 1.82) is 0 Å². The summed E-state index contributed by atoms with van der Waals surface area (Å²) < 4.78 is 34.7. The van der Waals surface area contributed by atoms with Crippen molar-refractivity contribution < 1.29 is 17.9 Å². The van der Waals surface area contributed by atoms with Gasteiger partial charge in [0.1, 0.15) is 4.90 Å². The highest BCUT2D eigenvalue weighted by Crippen LogP contribution is 2.35. The predicted molar refractivity (Wildman–Crippen MR) is 68.4 cm³/mol. The lowest BCUT2D eigenvalue weighted by Crippen LogP contribution is -2.15. The van der Waals surface area contributed by atoms with E-state index in [2.05, 4.69) is 0 Å². The summed E-state index contributed by atoms with van der Waals surface area (Å²) in [5.41, 5.74) is -0.111. The third kappa shape index (κ3) is 1.85. The highest BCUT2D eigenvalue weighted by Gasteiger charge is 2.21. The summed E-state index contributed by atoms with van der Waals surface area (Å²) in [5.74, 6) is 0.928. The average molecular weight is 302 g/mol. The number of aromatic nitrogens is 1. The lowest BCUT2D eigenvalue weighted by atomic mass is 10.2. The van der Waals surface area contributed by atoms with Crippen LogP contribution in [0.1, 0.15) is 0 Å². The van der Waals surface area contributed by atoms with Gasteiger partial charge < -0.3 is 14.0 Å². The van der Waals surface area contributed by atoms with Gasteiger partial charge >= 0.3 is 0 Å². The van der Waals surface area contributed by atoms with Gasteiger partial charge in [-0.2, -0.15) is 0 Å². The van der Waals surface area contributed by atoms with E-state index < -0.39 is 19.4 Å². The molecule has 0 atom stereocenters. The Morgan fingerprint density at radius 3 is 2.53 bits per heavy atom. The minimum atomic E-state index is -4.09. The molecule has 0 spiro atoms. The van der Waals surface area contributed by atoms with Gasteiger partial charge in [-0.3, -0.25) is 4.79 Å². The molecule has 0 fully saturated rings. The Morgan fingerprint density at radius 1 is 1.26 bits per heavy atom. The molecule has 0 unspecified atom stereocenters. The van der Waals surface area contributed by atoms with E-state index >= 15 is 0 Å². The molecule has 1 aliphatic heterocycles. The van der Waals surface area contributed by atoms with E-state index in [1.165, 1.54) is 16.8 Å². The van der Waals surface area contributed by atoms with Crippen LogP contribution in [0, 0.1) is 0 Å². The molecule has 100 valence electrons. The molecule has 19 heavy (non-hydrogen) atoms. The second kappa shape index (κ2) is 3.88. The molecule has 6 nitrogen and oxygen atoms in total. The number of aryl methyl sites for hydroxylation is 1. The number of halogens is 1. The van der Waals surface area contributed by atoms with Gasteiger partial charge in [0.15, 0.2) is 11.5 Å². The van der Waals surface area contributed by atoms with Crippen LogP contribution in [0.4, 0.5) is 0 Å². The first-order chi connectivity index (χ1) is 8.88. The van der Waals surface area contributed by atoms with Gasteiger partial charge in [-0.25, -0.2) is 8.42 Å². The number of rotatable bonds is 1. The Kier molecular flexibility index (Phi) is 2.51. The first-order valence-electron chi connectivity index (χ1n) is 5.25. The van der Waals surface area contributed by atoms with Crippen molar-refractivity contribution in [2.24, 2.45) is 7.05 Å². The van der Waals surface area contributed by atoms with Crippen molar-refractivity contribution in [3.8, 4) is 11.5 Å². The Morgan fingerprint density at radius 2 is 1.89 bits per heavy atom. The van der Waals surface area contributed by atoms with E-state index in [1.54, 1.807) is 13.1 Å². The minimum Gasteiger partial charge on any atom is -0.454 e. The minimum absolute atomic E-state index is 0.0736. The van der Waals surface area contributed by atoms with Gasteiger partial charge in [-0.15, -0.1) is 0 Å². The van der Waals surface area contributed by atoms with E-state index in [0.29, 0.717) is 17.0 Å². The summed E-state index contributed by atoms with van der Waals surface area (Å²) in [7, 11) is 2.78. The molecule has 0 radical (unpaired) electrons. The number of pyridine rings is 1. The zero-order valence-corrected chi connectivity index (χ0v) is 11.3. The van der Waals surface area contributed by atoms with Gasteiger partial charge in [-0.05, 0) is 6.07 Å². The van der Waals surface area contributed by atoms with Crippen molar-refractivity contribution in [2.45, 2.75) is 4.90 Å². The largest absolute Gasteiger partial charge is 0.454 e. The molecular formula is C11H8ClNO5S.